The quantitative estimate of drug-likeness (QED) is 0.564. The molecule has 0 aromatic heterocycles. The second-order valence-electron chi connectivity index (χ2n) is 3.61. The van der Waals surface area contributed by atoms with Crippen LogP contribution >= 0.6 is 0 Å². The second-order valence-corrected chi connectivity index (χ2v) is 3.61. The lowest BCUT2D eigenvalue weighted by Crippen LogP contribution is -2.46. The zero-order valence-electron chi connectivity index (χ0n) is 11.0. The van der Waals surface area contributed by atoms with Gasteiger partial charge in [0.1, 0.15) is 6.54 Å². The predicted molar refractivity (Wildman–Crippen MR) is 65.4 cm³/mol. The maximum atomic E-state index is 12.0. The summed E-state index contributed by atoms with van der Waals surface area (Å²) in [7, 11) is 0. The molecule has 0 rings (SSSR count). The van der Waals surface area contributed by atoms with Gasteiger partial charge in [0.05, 0.1) is 19.8 Å². The van der Waals surface area contributed by atoms with E-state index in [1.165, 1.54) is 9.80 Å². The molecular formula is C11H22N2O5. The standard InChI is InChI=1S/C11H22N2O5/c1-3-12(5-7-18-8-6-14)11(17)13(4-2)9-10(15)16/h14H,3-9H2,1-2H3,(H,15,16). The minimum atomic E-state index is -1.03. The van der Waals surface area contributed by atoms with Gasteiger partial charge in [-0.3, -0.25) is 4.79 Å². The van der Waals surface area contributed by atoms with E-state index in [9.17, 15) is 9.59 Å². The summed E-state index contributed by atoms with van der Waals surface area (Å²) in [6, 6.07) is -0.310. The minimum absolute atomic E-state index is 0.0554. The van der Waals surface area contributed by atoms with Crippen molar-refractivity contribution < 1.29 is 24.5 Å². The number of urea groups is 1. The van der Waals surface area contributed by atoms with E-state index < -0.39 is 5.97 Å². The van der Waals surface area contributed by atoms with Crippen LogP contribution in [0.4, 0.5) is 4.79 Å². The molecule has 2 amide bonds. The number of likely N-dealkylation sites (N-methyl/N-ethyl adjacent to an activating group) is 2. The Morgan fingerprint density at radius 3 is 2.17 bits per heavy atom. The van der Waals surface area contributed by atoms with Crippen LogP contribution in [0.2, 0.25) is 0 Å². The van der Waals surface area contributed by atoms with Crippen molar-refractivity contribution in [3.8, 4) is 0 Å². The van der Waals surface area contributed by atoms with Gasteiger partial charge in [-0.05, 0) is 13.8 Å². The van der Waals surface area contributed by atoms with Gasteiger partial charge >= 0.3 is 12.0 Å². The Balaban J connectivity index is 4.25. The summed E-state index contributed by atoms with van der Waals surface area (Å²) >= 11 is 0. The summed E-state index contributed by atoms with van der Waals surface area (Å²) in [6.07, 6.45) is 0. The number of ether oxygens (including phenoxy) is 1. The van der Waals surface area contributed by atoms with Crippen molar-refractivity contribution in [2.45, 2.75) is 13.8 Å². The highest BCUT2D eigenvalue weighted by molar-refractivity contribution is 5.80. The number of aliphatic hydroxyl groups is 1. The Hall–Kier alpha value is -1.34. The third kappa shape index (κ3) is 6.41. The molecule has 0 aromatic carbocycles. The first-order valence-corrected chi connectivity index (χ1v) is 6.01. The summed E-state index contributed by atoms with van der Waals surface area (Å²) in [5.41, 5.74) is 0. The van der Waals surface area contributed by atoms with Crippen LogP contribution < -0.4 is 0 Å². The molecule has 0 bridgehead atoms. The fourth-order valence-corrected chi connectivity index (χ4v) is 1.41. The number of nitrogens with zero attached hydrogens (tertiary/aromatic N) is 2. The van der Waals surface area contributed by atoms with Gasteiger partial charge in [-0.2, -0.15) is 0 Å². The molecule has 0 aliphatic rings. The van der Waals surface area contributed by atoms with Crippen molar-refractivity contribution in [2.75, 3.05) is 46.0 Å². The summed E-state index contributed by atoms with van der Waals surface area (Å²) in [6.45, 7) is 4.96. The summed E-state index contributed by atoms with van der Waals surface area (Å²) in [5, 5.41) is 17.2. The fourth-order valence-electron chi connectivity index (χ4n) is 1.41. The number of rotatable bonds is 9. The Labute approximate surface area is 107 Å². The molecule has 0 radical (unpaired) electrons. The molecule has 106 valence electrons. The molecule has 7 heteroatoms. The van der Waals surface area contributed by atoms with E-state index in [1.807, 2.05) is 6.92 Å². The van der Waals surface area contributed by atoms with Gasteiger partial charge in [0, 0.05) is 19.6 Å². The van der Waals surface area contributed by atoms with Crippen LogP contribution in [-0.4, -0.2) is 78.0 Å². The number of carboxylic acids is 1. The van der Waals surface area contributed by atoms with Gasteiger partial charge in [-0.1, -0.05) is 0 Å². The number of carboxylic acid groups (broad SMARTS) is 1. The van der Waals surface area contributed by atoms with Crippen molar-refractivity contribution in [3.63, 3.8) is 0 Å². The lowest BCUT2D eigenvalue weighted by Gasteiger charge is -2.28. The highest BCUT2D eigenvalue weighted by atomic mass is 16.5. The molecule has 0 aliphatic heterocycles. The van der Waals surface area contributed by atoms with E-state index in [4.69, 9.17) is 14.9 Å². The predicted octanol–water partition coefficient (Wildman–Crippen LogP) is -0.156. The van der Waals surface area contributed by atoms with Gasteiger partial charge in [0.15, 0.2) is 0 Å². The topological polar surface area (TPSA) is 90.3 Å². The molecule has 2 N–H and O–H groups in total. The second kappa shape index (κ2) is 9.67. The molecule has 0 heterocycles. The monoisotopic (exact) mass is 262 g/mol. The van der Waals surface area contributed by atoms with Gasteiger partial charge in [-0.25, -0.2) is 4.79 Å². The average molecular weight is 262 g/mol. The van der Waals surface area contributed by atoms with E-state index in [2.05, 4.69) is 0 Å². The minimum Gasteiger partial charge on any atom is -0.480 e. The highest BCUT2D eigenvalue weighted by Crippen LogP contribution is 1.99. The molecule has 0 saturated carbocycles. The Morgan fingerprint density at radius 2 is 1.72 bits per heavy atom. The number of aliphatic carboxylic acids is 1. The van der Waals surface area contributed by atoms with E-state index in [0.717, 1.165) is 0 Å². The van der Waals surface area contributed by atoms with E-state index in [-0.39, 0.29) is 25.8 Å². The molecule has 7 nitrogen and oxygen atoms in total. The normalized spacial score (nSPS) is 10.2. The van der Waals surface area contributed by atoms with E-state index in [0.29, 0.717) is 26.2 Å². The third-order valence-electron chi connectivity index (χ3n) is 2.37. The lowest BCUT2D eigenvalue weighted by molar-refractivity contribution is -0.137. The van der Waals surface area contributed by atoms with Crippen molar-refractivity contribution in [2.24, 2.45) is 0 Å². The fraction of sp³-hybridized carbons (Fsp3) is 0.818. The Kier molecular flexibility index (Phi) is 8.95. The van der Waals surface area contributed by atoms with Crippen molar-refractivity contribution in [3.05, 3.63) is 0 Å². The maximum Gasteiger partial charge on any atom is 0.323 e. The van der Waals surface area contributed by atoms with Crippen LogP contribution in [0.1, 0.15) is 13.8 Å². The van der Waals surface area contributed by atoms with E-state index in [1.54, 1.807) is 6.92 Å². The number of hydrogen-bond donors (Lipinski definition) is 2. The highest BCUT2D eigenvalue weighted by Gasteiger charge is 2.20. The number of carbonyl (C=O) groups is 2. The Bertz CT molecular complexity index is 260. The van der Waals surface area contributed by atoms with Crippen molar-refractivity contribution in [1.82, 2.24) is 9.80 Å². The van der Waals surface area contributed by atoms with Crippen molar-refractivity contribution in [1.29, 1.82) is 0 Å². The van der Waals surface area contributed by atoms with Gasteiger partial charge in [0.2, 0.25) is 0 Å². The smallest absolute Gasteiger partial charge is 0.323 e. The van der Waals surface area contributed by atoms with Gasteiger partial charge in [0.25, 0.3) is 0 Å². The van der Waals surface area contributed by atoms with Crippen molar-refractivity contribution >= 4 is 12.0 Å². The molecule has 0 saturated heterocycles. The van der Waals surface area contributed by atoms with Gasteiger partial charge in [-0.15, -0.1) is 0 Å². The van der Waals surface area contributed by atoms with Crippen LogP contribution in [-0.2, 0) is 9.53 Å². The van der Waals surface area contributed by atoms with Crippen LogP contribution in [0, 0.1) is 0 Å². The zero-order chi connectivity index (χ0) is 14.0. The molecule has 18 heavy (non-hydrogen) atoms. The average Bonchev–Trinajstić information content (AvgIpc) is 2.35. The molecular weight excluding hydrogens is 240 g/mol. The molecule has 0 aromatic rings. The first kappa shape index (κ1) is 16.7. The lowest BCUT2D eigenvalue weighted by atomic mass is 10.4. The molecule has 0 fully saturated rings. The first-order chi connectivity index (χ1) is 8.56. The maximum absolute atomic E-state index is 12.0. The largest absolute Gasteiger partial charge is 0.480 e. The van der Waals surface area contributed by atoms with E-state index >= 15 is 0 Å². The Morgan fingerprint density at radius 1 is 1.11 bits per heavy atom. The van der Waals surface area contributed by atoms with Crippen LogP contribution in [0.25, 0.3) is 0 Å². The number of amides is 2. The number of hydrogen-bond acceptors (Lipinski definition) is 4. The zero-order valence-corrected chi connectivity index (χ0v) is 11.0. The van der Waals surface area contributed by atoms with Gasteiger partial charge < -0.3 is 24.7 Å². The summed E-state index contributed by atoms with van der Waals surface area (Å²) in [4.78, 5) is 25.4. The molecule has 0 atom stereocenters. The van der Waals surface area contributed by atoms with Crippen LogP contribution in [0.15, 0.2) is 0 Å². The molecule has 0 unspecified atom stereocenters. The summed E-state index contributed by atoms with van der Waals surface area (Å²) in [5.74, 6) is -1.03. The third-order valence-corrected chi connectivity index (χ3v) is 2.37. The van der Waals surface area contributed by atoms with Crippen LogP contribution in [0.5, 0.6) is 0 Å². The number of carbonyl (C=O) groups excluding carboxylic acids is 1. The first-order valence-electron chi connectivity index (χ1n) is 6.01. The molecule has 0 spiro atoms. The SMILES string of the molecule is CCN(CCOCCO)C(=O)N(CC)CC(=O)O. The molecule has 0 aliphatic carbocycles. The summed E-state index contributed by atoms with van der Waals surface area (Å²) < 4.78 is 5.08. The van der Waals surface area contributed by atoms with Crippen LogP contribution in [0.3, 0.4) is 0 Å². The number of aliphatic hydroxyl groups excluding tert-OH is 1.